The van der Waals surface area contributed by atoms with Gasteiger partial charge < -0.3 is 0 Å². The number of halogens is 4. The second-order valence-electron chi connectivity index (χ2n) is 3.76. The lowest BCUT2D eigenvalue weighted by Crippen LogP contribution is -2.26. The standard InChI is InChI=1S/C10H10ClF3O2S/c1-6-3-4-8(7(2)5-6)9(10(12,13)14)17(11,15)16/h3-5,9H,1-2H3. The molecule has 0 saturated carbocycles. The van der Waals surface area contributed by atoms with Crippen LogP contribution in [-0.2, 0) is 9.05 Å². The van der Waals surface area contributed by atoms with E-state index in [1.807, 2.05) is 0 Å². The SMILES string of the molecule is Cc1ccc(C(C(F)(F)F)S(=O)(=O)Cl)c(C)c1. The Morgan fingerprint density at radius 2 is 1.76 bits per heavy atom. The summed E-state index contributed by atoms with van der Waals surface area (Å²) in [5.41, 5.74) is 0.661. The lowest BCUT2D eigenvalue weighted by Gasteiger charge is -2.19. The van der Waals surface area contributed by atoms with Crippen molar-refractivity contribution in [2.24, 2.45) is 0 Å². The molecule has 17 heavy (non-hydrogen) atoms. The van der Waals surface area contributed by atoms with Crippen molar-refractivity contribution >= 4 is 19.7 Å². The lowest BCUT2D eigenvalue weighted by molar-refractivity contribution is -0.131. The number of hydrogen-bond donors (Lipinski definition) is 0. The summed E-state index contributed by atoms with van der Waals surface area (Å²) in [6.07, 6.45) is -4.93. The molecule has 0 aromatic heterocycles. The molecule has 0 heterocycles. The summed E-state index contributed by atoms with van der Waals surface area (Å²) in [7, 11) is 0.119. The topological polar surface area (TPSA) is 34.1 Å². The first-order chi connectivity index (χ1) is 7.53. The van der Waals surface area contributed by atoms with Gasteiger partial charge in [0.15, 0.2) is 5.25 Å². The van der Waals surface area contributed by atoms with Gasteiger partial charge in [0.2, 0.25) is 9.05 Å². The van der Waals surface area contributed by atoms with Gasteiger partial charge in [0.25, 0.3) is 0 Å². The first kappa shape index (κ1) is 14.3. The first-order valence-electron chi connectivity index (χ1n) is 4.61. The summed E-state index contributed by atoms with van der Waals surface area (Å²) < 4.78 is 60.3. The maximum Gasteiger partial charge on any atom is 0.410 e. The van der Waals surface area contributed by atoms with E-state index >= 15 is 0 Å². The highest BCUT2D eigenvalue weighted by molar-refractivity contribution is 8.14. The van der Waals surface area contributed by atoms with Crippen LogP contribution in [0, 0.1) is 13.8 Å². The molecule has 1 aromatic rings. The van der Waals surface area contributed by atoms with Gasteiger partial charge in [0.1, 0.15) is 0 Å². The van der Waals surface area contributed by atoms with E-state index in [9.17, 15) is 21.6 Å². The predicted octanol–water partition coefficient (Wildman–Crippen LogP) is 3.48. The summed E-state index contributed by atoms with van der Waals surface area (Å²) in [6, 6.07) is 4.04. The van der Waals surface area contributed by atoms with Crippen LogP contribution in [-0.4, -0.2) is 14.6 Å². The van der Waals surface area contributed by atoms with Crippen LogP contribution in [0.5, 0.6) is 0 Å². The van der Waals surface area contributed by atoms with Gasteiger partial charge in [-0.25, -0.2) is 8.42 Å². The summed E-state index contributed by atoms with van der Waals surface area (Å²) in [4.78, 5) is 0. The fourth-order valence-corrected chi connectivity index (χ4v) is 3.09. The number of hydrogen-bond acceptors (Lipinski definition) is 2. The van der Waals surface area contributed by atoms with Crippen molar-refractivity contribution in [2.75, 3.05) is 0 Å². The Morgan fingerprint density at radius 3 is 2.12 bits per heavy atom. The van der Waals surface area contributed by atoms with Crippen molar-refractivity contribution in [3.63, 3.8) is 0 Å². The molecule has 0 spiro atoms. The lowest BCUT2D eigenvalue weighted by atomic mass is 10.0. The minimum absolute atomic E-state index is 0.247. The molecular weight excluding hydrogens is 277 g/mol. The monoisotopic (exact) mass is 286 g/mol. The molecular formula is C10H10ClF3O2S. The number of rotatable bonds is 2. The van der Waals surface area contributed by atoms with Crippen molar-refractivity contribution in [1.29, 1.82) is 0 Å². The maximum atomic E-state index is 12.7. The van der Waals surface area contributed by atoms with Crippen LogP contribution in [0.1, 0.15) is 21.9 Å². The molecule has 0 amide bonds. The molecule has 7 heteroatoms. The predicted molar refractivity (Wildman–Crippen MR) is 59.5 cm³/mol. The largest absolute Gasteiger partial charge is 0.410 e. The molecule has 0 aliphatic carbocycles. The first-order valence-corrected chi connectivity index (χ1v) is 6.98. The zero-order valence-corrected chi connectivity index (χ0v) is 10.6. The van der Waals surface area contributed by atoms with Crippen LogP contribution < -0.4 is 0 Å². The van der Waals surface area contributed by atoms with Crippen LogP contribution >= 0.6 is 10.7 Å². The van der Waals surface area contributed by atoms with E-state index in [-0.39, 0.29) is 11.1 Å². The van der Waals surface area contributed by atoms with Gasteiger partial charge in [0.05, 0.1) is 0 Å². The van der Waals surface area contributed by atoms with Gasteiger partial charge in [-0.05, 0) is 25.0 Å². The van der Waals surface area contributed by atoms with E-state index in [0.29, 0.717) is 0 Å². The summed E-state index contributed by atoms with van der Waals surface area (Å²) in [5, 5.41) is -2.68. The minimum atomic E-state index is -4.93. The molecule has 1 unspecified atom stereocenters. The molecule has 0 aliphatic heterocycles. The van der Waals surface area contributed by atoms with E-state index in [0.717, 1.165) is 11.6 Å². The minimum Gasteiger partial charge on any atom is -0.211 e. The average molecular weight is 287 g/mol. The molecule has 1 aromatic carbocycles. The second-order valence-corrected chi connectivity index (χ2v) is 6.47. The second kappa shape index (κ2) is 4.49. The normalized spacial score (nSPS) is 14.7. The highest BCUT2D eigenvalue weighted by Gasteiger charge is 2.49. The third kappa shape index (κ3) is 3.35. The molecule has 0 N–H and O–H groups in total. The average Bonchev–Trinajstić information content (AvgIpc) is 2.04. The Morgan fingerprint density at radius 1 is 1.24 bits per heavy atom. The molecule has 0 fully saturated rings. The van der Waals surface area contributed by atoms with Crippen molar-refractivity contribution in [1.82, 2.24) is 0 Å². The fourth-order valence-electron chi connectivity index (χ4n) is 1.61. The van der Waals surface area contributed by atoms with E-state index in [1.165, 1.54) is 19.1 Å². The van der Waals surface area contributed by atoms with Crippen molar-refractivity contribution in [3.8, 4) is 0 Å². The summed E-state index contributed by atoms with van der Waals surface area (Å²) in [6.45, 7) is 3.12. The molecule has 1 rings (SSSR count). The maximum absolute atomic E-state index is 12.7. The zero-order valence-electron chi connectivity index (χ0n) is 9.05. The number of aryl methyl sites for hydroxylation is 2. The zero-order chi connectivity index (χ0) is 13.4. The van der Waals surface area contributed by atoms with Crippen LogP contribution in [0.2, 0.25) is 0 Å². The Kier molecular flexibility index (Phi) is 3.78. The highest BCUT2D eigenvalue weighted by Crippen LogP contribution is 2.42. The fraction of sp³-hybridized carbons (Fsp3) is 0.400. The van der Waals surface area contributed by atoms with Gasteiger partial charge >= 0.3 is 6.18 Å². The van der Waals surface area contributed by atoms with E-state index in [2.05, 4.69) is 0 Å². The van der Waals surface area contributed by atoms with Crippen LogP contribution in [0.15, 0.2) is 18.2 Å². The van der Waals surface area contributed by atoms with Crippen molar-refractivity contribution in [3.05, 3.63) is 34.9 Å². The number of alkyl halides is 3. The van der Waals surface area contributed by atoms with Gasteiger partial charge in [-0.1, -0.05) is 23.8 Å². The van der Waals surface area contributed by atoms with Gasteiger partial charge in [-0.2, -0.15) is 13.2 Å². The van der Waals surface area contributed by atoms with E-state index in [4.69, 9.17) is 10.7 Å². The molecule has 0 aliphatic rings. The van der Waals surface area contributed by atoms with Crippen LogP contribution in [0.4, 0.5) is 13.2 Å². The Balaban J connectivity index is 3.44. The molecule has 96 valence electrons. The smallest absolute Gasteiger partial charge is 0.211 e. The Bertz CT molecular complexity index is 523. The molecule has 0 bridgehead atoms. The Labute approximate surface area is 102 Å². The molecule has 1 atom stereocenters. The van der Waals surface area contributed by atoms with Gasteiger partial charge in [0, 0.05) is 10.7 Å². The summed E-state index contributed by atoms with van der Waals surface area (Å²) in [5.74, 6) is 0. The molecule has 0 saturated heterocycles. The third-order valence-electron chi connectivity index (χ3n) is 2.29. The van der Waals surface area contributed by atoms with Gasteiger partial charge in [-0.15, -0.1) is 0 Å². The van der Waals surface area contributed by atoms with Crippen molar-refractivity contribution in [2.45, 2.75) is 25.3 Å². The third-order valence-corrected chi connectivity index (χ3v) is 3.91. The highest BCUT2D eigenvalue weighted by atomic mass is 35.7. The molecule has 2 nitrogen and oxygen atoms in total. The number of benzene rings is 1. The summed E-state index contributed by atoms with van der Waals surface area (Å²) >= 11 is 0. The van der Waals surface area contributed by atoms with Gasteiger partial charge in [-0.3, -0.25) is 0 Å². The van der Waals surface area contributed by atoms with E-state index in [1.54, 1.807) is 6.92 Å². The van der Waals surface area contributed by atoms with Crippen LogP contribution in [0.3, 0.4) is 0 Å². The van der Waals surface area contributed by atoms with E-state index < -0.39 is 20.5 Å². The Hall–Kier alpha value is -0.750. The quantitative estimate of drug-likeness (QED) is 0.780. The van der Waals surface area contributed by atoms with Crippen molar-refractivity contribution < 1.29 is 21.6 Å². The van der Waals surface area contributed by atoms with Crippen LogP contribution in [0.25, 0.3) is 0 Å². The molecule has 0 radical (unpaired) electrons.